The number of amides is 3. The molecule has 0 spiro atoms. The molecule has 1 rings (SSSR count). The van der Waals surface area contributed by atoms with E-state index in [0.717, 1.165) is 16.0 Å². The zero-order chi connectivity index (χ0) is 24.5. The van der Waals surface area contributed by atoms with Crippen molar-refractivity contribution in [1.29, 1.82) is 5.26 Å². The molecule has 0 fully saturated rings. The van der Waals surface area contributed by atoms with Crippen LogP contribution in [0.5, 0.6) is 0 Å². The summed E-state index contributed by atoms with van der Waals surface area (Å²) in [6.45, 7) is 7.29. The van der Waals surface area contributed by atoms with Gasteiger partial charge in [-0.05, 0) is 51.3 Å². The fourth-order valence-electron chi connectivity index (χ4n) is 2.98. The molecular weight excluding hydrogens is 416 g/mol. The molecule has 1 aromatic carbocycles. The monoisotopic (exact) mass is 446 g/mol. The fraction of sp³-hybridized carbons (Fsp3) is 0.500. The van der Waals surface area contributed by atoms with Crippen LogP contribution in [-0.4, -0.2) is 61.1 Å². The average molecular weight is 447 g/mol. The Balaban J connectivity index is 3.25. The predicted octanol–water partition coefficient (Wildman–Crippen LogP) is 1.51. The molecule has 0 aliphatic carbocycles. The Bertz CT molecular complexity index is 880. The van der Waals surface area contributed by atoms with Gasteiger partial charge in [-0.25, -0.2) is 4.79 Å². The number of hydrogen-bond donors (Lipinski definition) is 2. The van der Waals surface area contributed by atoms with Crippen LogP contribution in [0.15, 0.2) is 18.2 Å². The maximum Gasteiger partial charge on any atom is 0.408 e. The number of alkyl carbamates (subject to hydrolysis) is 1. The topological polar surface area (TPSA) is 138 Å². The smallest absolute Gasteiger partial charge is 0.408 e. The van der Waals surface area contributed by atoms with E-state index in [1.807, 2.05) is 6.07 Å². The Morgan fingerprint density at radius 1 is 1.09 bits per heavy atom. The molecule has 10 nitrogen and oxygen atoms in total. The molecule has 174 valence electrons. The number of methoxy groups -OCH3 is 1. The summed E-state index contributed by atoms with van der Waals surface area (Å²) in [5.74, 6) is -1.99. The molecule has 2 N–H and O–H groups in total. The Hall–Kier alpha value is -3.61. The van der Waals surface area contributed by atoms with E-state index in [1.54, 1.807) is 52.8 Å². The van der Waals surface area contributed by atoms with Crippen LogP contribution >= 0.6 is 0 Å². The first kappa shape index (κ1) is 26.4. The lowest BCUT2D eigenvalue weighted by atomic mass is 9.94. The van der Waals surface area contributed by atoms with Crippen molar-refractivity contribution in [1.82, 2.24) is 15.5 Å². The van der Waals surface area contributed by atoms with Gasteiger partial charge in [-0.1, -0.05) is 18.2 Å². The van der Waals surface area contributed by atoms with Crippen molar-refractivity contribution >= 4 is 23.9 Å². The quantitative estimate of drug-likeness (QED) is 0.456. The summed E-state index contributed by atoms with van der Waals surface area (Å²) in [6, 6.07) is 6.04. The van der Waals surface area contributed by atoms with Gasteiger partial charge in [0, 0.05) is 0 Å². The first-order valence-corrected chi connectivity index (χ1v) is 9.95. The number of carbonyl (C=O) groups excluding carboxylic acids is 4. The van der Waals surface area contributed by atoms with Gasteiger partial charge in [-0.2, -0.15) is 5.26 Å². The summed E-state index contributed by atoms with van der Waals surface area (Å²) >= 11 is 0. The summed E-state index contributed by atoms with van der Waals surface area (Å²) in [7, 11) is 1.19. The molecule has 1 unspecified atom stereocenters. The zero-order valence-corrected chi connectivity index (χ0v) is 19.3. The van der Waals surface area contributed by atoms with Crippen LogP contribution in [0.2, 0.25) is 0 Å². The molecular formula is C22H30N4O6. The maximum atomic E-state index is 13.1. The van der Waals surface area contributed by atoms with Crippen molar-refractivity contribution in [3.05, 3.63) is 34.9 Å². The number of rotatable bonds is 8. The Morgan fingerprint density at radius 2 is 1.69 bits per heavy atom. The van der Waals surface area contributed by atoms with Gasteiger partial charge >= 0.3 is 12.1 Å². The van der Waals surface area contributed by atoms with E-state index < -0.39 is 55.2 Å². The minimum absolute atomic E-state index is 0.401. The Morgan fingerprint density at radius 3 is 2.19 bits per heavy atom. The first-order chi connectivity index (χ1) is 14.9. The number of aryl methyl sites for hydroxylation is 2. The Kier molecular flexibility index (Phi) is 9.66. The van der Waals surface area contributed by atoms with Gasteiger partial charge in [0.1, 0.15) is 31.3 Å². The molecule has 0 heterocycles. The molecule has 32 heavy (non-hydrogen) atoms. The summed E-state index contributed by atoms with van der Waals surface area (Å²) in [4.78, 5) is 50.5. The van der Waals surface area contributed by atoms with Gasteiger partial charge in [0.05, 0.1) is 13.2 Å². The number of esters is 1. The lowest BCUT2D eigenvalue weighted by molar-refractivity contribution is -0.143. The molecule has 0 saturated carbocycles. The minimum atomic E-state index is -1.20. The predicted molar refractivity (Wildman–Crippen MR) is 115 cm³/mol. The third-order valence-corrected chi connectivity index (χ3v) is 4.35. The fourth-order valence-corrected chi connectivity index (χ4v) is 2.98. The number of hydrogen-bond acceptors (Lipinski definition) is 7. The van der Waals surface area contributed by atoms with Crippen molar-refractivity contribution in [3.63, 3.8) is 0 Å². The van der Waals surface area contributed by atoms with Crippen molar-refractivity contribution in [2.24, 2.45) is 0 Å². The highest BCUT2D eigenvalue weighted by atomic mass is 16.6. The van der Waals surface area contributed by atoms with Crippen molar-refractivity contribution in [2.45, 2.75) is 46.3 Å². The molecule has 10 heteroatoms. The van der Waals surface area contributed by atoms with Crippen molar-refractivity contribution in [2.75, 3.05) is 26.7 Å². The number of carbonyl (C=O) groups is 4. The highest BCUT2D eigenvalue weighted by Crippen LogP contribution is 2.27. The number of benzene rings is 1. The molecule has 0 aliphatic heterocycles. The van der Waals surface area contributed by atoms with Crippen LogP contribution < -0.4 is 10.6 Å². The van der Waals surface area contributed by atoms with Crippen LogP contribution in [-0.2, 0) is 23.9 Å². The van der Waals surface area contributed by atoms with Crippen molar-refractivity contribution < 1.29 is 28.7 Å². The second-order valence-electron chi connectivity index (χ2n) is 8.04. The lowest BCUT2D eigenvalue weighted by Crippen LogP contribution is -2.49. The van der Waals surface area contributed by atoms with Crippen LogP contribution in [0.25, 0.3) is 0 Å². The zero-order valence-electron chi connectivity index (χ0n) is 19.3. The van der Waals surface area contributed by atoms with Gasteiger partial charge in [-0.15, -0.1) is 0 Å². The normalized spacial score (nSPS) is 11.5. The maximum absolute atomic E-state index is 13.1. The van der Waals surface area contributed by atoms with E-state index in [1.165, 1.54) is 7.11 Å². The molecule has 0 bridgehead atoms. The standard InChI is InChI=1S/C22H30N4O6/c1-14-8-7-9-15(2)18(14)19(20(29)24-13-17(28)31-6)26(11-10-23)16(27)12-25-21(30)32-22(3,4)5/h7-9,19H,11-13H2,1-6H3,(H,24,29)(H,25,30). The third kappa shape index (κ3) is 7.91. The number of nitrogens with zero attached hydrogens (tertiary/aromatic N) is 2. The summed E-state index contributed by atoms with van der Waals surface area (Å²) in [5, 5.41) is 14.1. The third-order valence-electron chi connectivity index (χ3n) is 4.35. The van der Waals surface area contributed by atoms with Gasteiger partial charge < -0.3 is 25.0 Å². The van der Waals surface area contributed by atoms with Crippen LogP contribution in [0, 0.1) is 25.2 Å². The van der Waals surface area contributed by atoms with E-state index in [0.29, 0.717) is 5.56 Å². The largest absolute Gasteiger partial charge is 0.468 e. The summed E-state index contributed by atoms with van der Waals surface area (Å²) < 4.78 is 9.67. The highest BCUT2D eigenvalue weighted by Gasteiger charge is 2.34. The highest BCUT2D eigenvalue weighted by molar-refractivity contribution is 5.92. The van der Waals surface area contributed by atoms with Gasteiger partial charge in [-0.3, -0.25) is 14.4 Å². The van der Waals surface area contributed by atoms with Crippen molar-refractivity contribution in [3.8, 4) is 6.07 Å². The van der Waals surface area contributed by atoms with Gasteiger partial charge in [0.2, 0.25) is 11.8 Å². The van der Waals surface area contributed by atoms with E-state index in [-0.39, 0.29) is 0 Å². The SMILES string of the molecule is COC(=O)CNC(=O)C(c1c(C)cccc1C)N(CC#N)C(=O)CNC(=O)OC(C)(C)C. The molecule has 0 aromatic heterocycles. The average Bonchev–Trinajstić information content (AvgIpc) is 2.70. The van der Waals surface area contributed by atoms with Crippen LogP contribution in [0.3, 0.4) is 0 Å². The van der Waals surface area contributed by atoms with E-state index in [2.05, 4.69) is 15.4 Å². The van der Waals surface area contributed by atoms with Crippen LogP contribution in [0.4, 0.5) is 4.79 Å². The first-order valence-electron chi connectivity index (χ1n) is 9.95. The molecule has 3 amide bonds. The van der Waals surface area contributed by atoms with E-state index in [9.17, 15) is 24.4 Å². The second-order valence-corrected chi connectivity index (χ2v) is 8.04. The molecule has 1 atom stereocenters. The van der Waals surface area contributed by atoms with Gasteiger partial charge in [0.15, 0.2) is 0 Å². The molecule has 0 radical (unpaired) electrons. The molecule has 1 aromatic rings. The van der Waals surface area contributed by atoms with Gasteiger partial charge in [0.25, 0.3) is 0 Å². The summed E-state index contributed by atoms with van der Waals surface area (Å²) in [5.41, 5.74) is 1.21. The van der Waals surface area contributed by atoms with Crippen LogP contribution in [0.1, 0.15) is 43.5 Å². The summed E-state index contributed by atoms with van der Waals surface area (Å²) in [6.07, 6.45) is -0.804. The molecule has 0 saturated heterocycles. The number of ether oxygens (including phenoxy) is 2. The van der Waals surface area contributed by atoms with E-state index in [4.69, 9.17) is 4.74 Å². The lowest BCUT2D eigenvalue weighted by Gasteiger charge is -2.31. The number of nitrogens with one attached hydrogen (secondary N) is 2. The van der Waals surface area contributed by atoms with E-state index >= 15 is 0 Å². The molecule has 0 aliphatic rings. The number of nitriles is 1. The Labute approximate surface area is 187 Å². The minimum Gasteiger partial charge on any atom is -0.468 e. The second kappa shape index (κ2) is 11.7.